The molecule has 0 bridgehead atoms. The highest BCUT2D eigenvalue weighted by Crippen LogP contribution is 2.22. The molecule has 0 saturated carbocycles. The van der Waals surface area contributed by atoms with Gasteiger partial charge in [-0.2, -0.15) is 0 Å². The summed E-state index contributed by atoms with van der Waals surface area (Å²) in [6.45, 7) is 0.603. The molecular formula is C18H17NO6. The van der Waals surface area contributed by atoms with E-state index in [1.165, 1.54) is 13.2 Å². The van der Waals surface area contributed by atoms with Crippen molar-refractivity contribution in [2.24, 2.45) is 0 Å². The SMILES string of the molecule is COC(=O)c1ccc(COC(=O)c2ccc(N3CCCC3=O)cc2)o1. The van der Waals surface area contributed by atoms with Gasteiger partial charge in [0.25, 0.3) is 0 Å². The quantitative estimate of drug-likeness (QED) is 0.776. The topological polar surface area (TPSA) is 86.0 Å². The molecule has 1 aromatic heterocycles. The van der Waals surface area contributed by atoms with E-state index in [-0.39, 0.29) is 18.3 Å². The number of anilines is 1. The van der Waals surface area contributed by atoms with Crippen LogP contribution in [-0.2, 0) is 20.9 Å². The minimum Gasteiger partial charge on any atom is -0.463 e. The minimum absolute atomic E-state index is 0.0492. The van der Waals surface area contributed by atoms with E-state index < -0.39 is 11.9 Å². The summed E-state index contributed by atoms with van der Waals surface area (Å²) in [6.07, 6.45) is 1.40. The largest absolute Gasteiger partial charge is 0.463 e. The molecule has 0 radical (unpaired) electrons. The van der Waals surface area contributed by atoms with E-state index in [4.69, 9.17) is 9.15 Å². The lowest BCUT2D eigenvalue weighted by Gasteiger charge is -2.15. The summed E-state index contributed by atoms with van der Waals surface area (Å²) in [6, 6.07) is 9.68. The van der Waals surface area contributed by atoms with Gasteiger partial charge in [0, 0.05) is 18.7 Å². The molecule has 2 aromatic rings. The smallest absolute Gasteiger partial charge is 0.373 e. The van der Waals surface area contributed by atoms with E-state index in [9.17, 15) is 14.4 Å². The van der Waals surface area contributed by atoms with Crippen LogP contribution in [0, 0.1) is 0 Å². The number of esters is 2. The molecule has 0 spiro atoms. The molecule has 1 amide bonds. The second-order valence-corrected chi connectivity index (χ2v) is 5.53. The maximum Gasteiger partial charge on any atom is 0.373 e. The zero-order valence-corrected chi connectivity index (χ0v) is 13.7. The number of nitrogens with zero attached hydrogens (tertiary/aromatic N) is 1. The van der Waals surface area contributed by atoms with E-state index in [2.05, 4.69) is 4.74 Å². The summed E-state index contributed by atoms with van der Waals surface area (Å²) in [5.74, 6) is -0.629. The van der Waals surface area contributed by atoms with Gasteiger partial charge < -0.3 is 18.8 Å². The standard InChI is InChI=1S/C18H17NO6/c1-23-18(22)15-9-8-14(25-15)11-24-17(21)12-4-6-13(7-5-12)19-10-2-3-16(19)20/h4-9H,2-3,10-11H2,1H3. The van der Waals surface area contributed by atoms with Crippen molar-refractivity contribution in [1.82, 2.24) is 0 Å². The summed E-state index contributed by atoms with van der Waals surface area (Å²) in [4.78, 5) is 36.8. The summed E-state index contributed by atoms with van der Waals surface area (Å²) < 4.78 is 14.9. The number of methoxy groups -OCH3 is 1. The first kappa shape index (κ1) is 16.8. The molecule has 1 saturated heterocycles. The van der Waals surface area contributed by atoms with Crippen LogP contribution in [0.5, 0.6) is 0 Å². The third-order valence-corrected chi connectivity index (χ3v) is 3.88. The molecular weight excluding hydrogens is 326 g/mol. The molecule has 2 heterocycles. The summed E-state index contributed by atoms with van der Waals surface area (Å²) in [5, 5.41) is 0. The van der Waals surface area contributed by atoms with Crippen LogP contribution < -0.4 is 4.90 Å². The summed E-state index contributed by atoms with van der Waals surface area (Å²) in [7, 11) is 1.25. The molecule has 7 nitrogen and oxygen atoms in total. The fraction of sp³-hybridized carbons (Fsp3) is 0.278. The summed E-state index contributed by atoms with van der Waals surface area (Å²) in [5.41, 5.74) is 1.14. The van der Waals surface area contributed by atoms with Crippen molar-refractivity contribution >= 4 is 23.5 Å². The molecule has 130 valence electrons. The first-order valence-electron chi connectivity index (χ1n) is 7.83. The summed E-state index contributed by atoms with van der Waals surface area (Å²) >= 11 is 0. The molecule has 0 aliphatic carbocycles. The second-order valence-electron chi connectivity index (χ2n) is 5.53. The highest BCUT2D eigenvalue weighted by Gasteiger charge is 2.22. The predicted octanol–water partition coefficient (Wildman–Crippen LogP) is 2.55. The lowest BCUT2D eigenvalue weighted by molar-refractivity contribution is -0.117. The van der Waals surface area contributed by atoms with Crippen molar-refractivity contribution in [2.75, 3.05) is 18.6 Å². The molecule has 3 rings (SSSR count). The third kappa shape index (κ3) is 3.71. The molecule has 0 atom stereocenters. The average Bonchev–Trinajstić information content (AvgIpc) is 3.28. The molecule has 0 N–H and O–H groups in total. The van der Waals surface area contributed by atoms with Gasteiger partial charge in [0.05, 0.1) is 12.7 Å². The fourth-order valence-corrected chi connectivity index (χ4v) is 2.58. The Balaban J connectivity index is 1.59. The number of rotatable bonds is 5. The average molecular weight is 343 g/mol. The van der Waals surface area contributed by atoms with Crippen molar-refractivity contribution in [3.63, 3.8) is 0 Å². The monoisotopic (exact) mass is 343 g/mol. The maximum absolute atomic E-state index is 12.1. The van der Waals surface area contributed by atoms with Gasteiger partial charge in [-0.05, 0) is 42.8 Å². The first-order chi connectivity index (χ1) is 12.1. The Hall–Kier alpha value is -3.09. The van der Waals surface area contributed by atoms with Crippen LogP contribution in [0.4, 0.5) is 5.69 Å². The van der Waals surface area contributed by atoms with Crippen molar-refractivity contribution in [3.05, 3.63) is 53.5 Å². The Kier molecular flexibility index (Phi) is 4.83. The van der Waals surface area contributed by atoms with Gasteiger partial charge in [0.1, 0.15) is 12.4 Å². The van der Waals surface area contributed by atoms with Gasteiger partial charge in [-0.15, -0.1) is 0 Å². The van der Waals surface area contributed by atoms with Gasteiger partial charge in [0.2, 0.25) is 11.7 Å². The predicted molar refractivity (Wildman–Crippen MR) is 87.2 cm³/mol. The third-order valence-electron chi connectivity index (χ3n) is 3.88. The van der Waals surface area contributed by atoms with Crippen LogP contribution in [0.25, 0.3) is 0 Å². The Morgan fingerprint density at radius 3 is 2.52 bits per heavy atom. The lowest BCUT2D eigenvalue weighted by atomic mass is 10.2. The Labute approximate surface area is 144 Å². The molecule has 25 heavy (non-hydrogen) atoms. The Morgan fingerprint density at radius 1 is 1.12 bits per heavy atom. The number of hydrogen-bond acceptors (Lipinski definition) is 6. The van der Waals surface area contributed by atoms with E-state index in [0.717, 1.165) is 12.1 Å². The van der Waals surface area contributed by atoms with E-state index >= 15 is 0 Å². The van der Waals surface area contributed by atoms with Crippen molar-refractivity contribution < 1.29 is 28.3 Å². The number of carbonyl (C=O) groups is 3. The molecule has 0 unspecified atom stereocenters. The van der Waals surface area contributed by atoms with Gasteiger partial charge >= 0.3 is 11.9 Å². The highest BCUT2D eigenvalue weighted by atomic mass is 16.5. The fourth-order valence-electron chi connectivity index (χ4n) is 2.58. The number of hydrogen-bond donors (Lipinski definition) is 0. The van der Waals surface area contributed by atoms with Crippen LogP contribution in [0.2, 0.25) is 0 Å². The molecule has 1 aliphatic heterocycles. The zero-order valence-electron chi connectivity index (χ0n) is 13.7. The lowest BCUT2D eigenvalue weighted by Crippen LogP contribution is -2.23. The molecule has 1 aromatic carbocycles. The van der Waals surface area contributed by atoms with Gasteiger partial charge in [-0.25, -0.2) is 9.59 Å². The van der Waals surface area contributed by atoms with Crippen LogP contribution in [0.1, 0.15) is 39.5 Å². The number of benzene rings is 1. The molecule has 1 fully saturated rings. The highest BCUT2D eigenvalue weighted by molar-refractivity contribution is 5.96. The molecule has 1 aliphatic rings. The van der Waals surface area contributed by atoms with Crippen molar-refractivity contribution in [3.8, 4) is 0 Å². The van der Waals surface area contributed by atoms with E-state index in [1.807, 2.05) is 0 Å². The zero-order chi connectivity index (χ0) is 17.8. The van der Waals surface area contributed by atoms with Crippen LogP contribution in [0.3, 0.4) is 0 Å². The van der Waals surface area contributed by atoms with Crippen LogP contribution in [-0.4, -0.2) is 31.5 Å². The number of amides is 1. The van der Waals surface area contributed by atoms with Crippen molar-refractivity contribution in [2.45, 2.75) is 19.4 Å². The van der Waals surface area contributed by atoms with Crippen LogP contribution in [0.15, 0.2) is 40.8 Å². The maximum atomic E-state index is 12.1. The van der Waals surface area contributed by atoms with Crippen molar-refractivity contribution in [1.29, 1.82) is 0 Å². The number of ether oxygens (including phenoxy) is 2. The van der Waals surface area contributed by atoms with Gasteiger partial charge in [-0.3, -0.25) is 4.79 Å². The van der Waals surface area contributed by atoms with Crippen LogP contribution >= 0.6 is 0 Å². The molecule has 7 heteroatoms. The van der Waals surface area contributed by atoms with Gasteiger partial charge in [-0.1, -0.05) is 0 Å². The van der Waals surface area contributed by atoms with E-state index in [0.29, 0.717) is 24.3 Å². The Morgan fingerprint density at radius 2 is 1.88 bits per heavy atom. The minimum atomic E-state index is -0.593. The normalized spacial score (nSPS) is 13.8. The number of furan rings is 1. The Bertz CT molecular complexity index is 792. The second kappa shape index (κ2) is 7.21. The number of carbonyl (C=O) groups excluding carboxylic acids is 3. The van der Waals surface area contributed by atoms with Gasteiger partial charge in [0.15, 0.2) is 0 Å². The van der Waals surface area contributed by atoms with E-state index in [1.54, 1.807) is 35.2 Å². The first-order valence-corrected chi connectivity index (χ1v) is 7.83.